The van der Waals surface area contributed by atoms with Crippen LogP contribution in [-0.2, 0) is 5.88 Å². The van der Waals surface area contributed by atoms with Gasteiger partial charge in [-0.15, -0.1) is 24.8 Å². The van der Waals surface area contributed by atoms with E-state index in [1.807, 2.05) is 0 Å². The van der Waals surface area contributed by atoms with Gasteiger partial charge in [-0.05, 0) is 9.91 Å². The molecule has 94 valence electrons. The highest BCUT2D eigenvalue weighted by molar-refractivity contribution is 6.17. The monoisotopic (exact) mass is 274 g/mol. The highest BCUT2D eigenvalue weighted by atomic mass is 35.5. The Morgan fingerprint density at radius 3 is 2.53 bits per heavy atom. The maximum Gasteiger partial charge on any atom is 0.573 e. The van der Waals surface area contributed by atoms with Crippen LogP contribution in [0, 0.1) is 15.9 Å². The molecule has 0 spiro atoms. The van der Waals surface area contributed by atoms with Crippen LogP contribution in [0.5, 0.6) is 5.75 Å². The summed E-state index contributed by atoms with van der Waals surface area (Å²) < 4.78 is 52.4. The fourth-order valence-electron chi connectivity index (χ4n) is 0.975. The van der Waals surface area contributed by atoms with E-state index in [4.69, 9.17) is 11.6 Å². The fourth-order valence-corrected chi connectivity index (χ4v) is 1.22. The molecule has 0 amide bonds. The molecule has 0 bridgehead atoms. The van der Waals surface area contributed by atoms with E-state index in [9.17, 15) is 27.7 Å². The molecule has 0 aromatic carbocycles. The van der Waals surface area contributed by atoms with Crippen molar-refractivity contribution in [2.75, 3.05) is 0 Å². The number of nitro groups is 1. The summed E-state index contributed by atoms with van der Waals surface area (Å²) in [6.07, 6.45) is -4.81. The molecule has 1 rings (SSSR count). The van der Waals surface area contributed by atoms with E-state index >= 15 is 0 Å². The average Bonchev–Trinajstić information content (AvgIpc) is 2.15. The summed E-state index contributed by atoms with van der Waals surface area (Å²) in [5.74, 6) is -4.53. The van der Waals surface area contributed by atoms with Crippen LogP contribution in [0.1, 0.15) is 5.56 Å². The van der Waals surface area contributed by atoms with Gasteiger partial charge in [0.25, 0.3) is 0 Å². The number of ether oxygens (including phenoxy) is 1. The molecule has 0 aliphatic carbocycles. The summed E-state index contributed by atoms with van der Waals surface area (Å²) in [5, 5.41) is 10.4. The van der Waals surface area contributed by atoms with E-state index in [1.165, 1.54) is 0 Å². The molecule has 0 fully saturated rings. The zero-order valence-corrected chi connectivity index (χ0v) is 8.55. The Morgan fingerprint density at radius 1 is 1.53 bits per heavy atom. The molecule has 0 atom stereocenters. The molecule has 5 nitrogen and oxygen atoms in total. The van der Waals surface area contributed by atoms with Gasteiger partial charge in [-0.2, -0.15) is 0 Å². The van der Waals surface area contributed by atoms with Gasteiger partial charge < -0.3 is 14.9 Å². The maximum atomic E-state index is 13.1. The lowest BCUT2D eigenvalue weighted by Gasteiger charge is -2.11. The molecule has 17 heavy (non-hydrogen) atoms. The standard InChI is InChI=1S/C7H3ClF4N2O3/c8-1-3-4(9)2-13-6(14(15)16)5(3)17-7(10,11)12/h2H,1H2. The molecule has 1 aromatic rings. The quantitative estimate of drug-likeness (QED) is 0.368. The third-order valence-electron chi connectivity index (χ3n) is 1.59. The van der Waals surface area contributed by atoms with Crippen LogP contribution in [0.4, 0.5) is 23.4 Å². The molecule has 0 N–H and O–H groups in total. The summed E-state index contributed by atoms with van der Waals surface area (Å²) >= 11 is 5.21. The van der Waals surface area contributed by atoms with Gasteiger partial charge in [0.15, 0.2) is 12.0 Å². The van der Waals surface area contributed by atoms with E-state index in [-0.39, 0.29) is 0 Å². The number of rotatable bonds is 3. The molecule has 1 heterocycles. The minimum absolute atomic E-state index is 0.402. The van der Waals surface area contributed by atoms with Gasteiger partial charge in [0.1, 0.15) is 0 Å². The SMILES string of the molecule is O=[N+]([O-])c1ncc(F)c(CCl)c1OC(F)(F)F. The van der Waals surface area contributed by atoms with Crippen LogP contribution in [0.3, 0.4) is 0 Å². The fraction of sp³-hybridized carbons (Fsp3) is 0.286. The van der Waals surface area contributed by atoms with Crippen molar-refractivity contribution in [2.45, 2.75) is 12.2 Å². The number of hydrogen-bond donors (Lipinski definition) is 0. The minimum Gasteiger partial charge on any atom is -0.396 e. The summed E-state index contributed by atoms with van der Waals surface area (Å²) in [6.45, 7) is 0. The largest absolute Gasteiger partial charge is 0.573 e. The lowest BCUT2D eigenvalue weighted by Crippen LogP contribution is -2.19. The number of nitrogens with zero attached hydrogens (tertiary/aromatic N) is 2. The molecule has 0 unspecified atom stereocenters. The lowest BCUT2D eigenvalue weighted by molar-refractivity contribution is -0.393. The average molecular weight is 275 g/mol. The Morgan fingerprint density at radius 2 is 2.12 bits per heavy atom. The molecule has 0 saturated carbocycles. The highest BCUT2D eigenvalue weighted by Crippen LogP contribution is 2.35. The summed E-state index contributed by atoms with van der Waals surface area (Å²) in [7, 11) is 0. The topological polar surface area (TPSA) is 65.3 Å². The number of pyridine rings is 1. The van der Waals surface area contributed by atoms with E-state index in [1.54, 1.807) is 0 Å². The maximum absolute atomic E-state index is 13.1. The van der Waals surface area contributed by atoms with Crippen molar-refractivity contribution in [3.05, 3.63) is 27.7 Å². The number of halogens is 5. The number of aromatic nitrogens is 1. The van der Waals surface area contributed by atoms with E-state index in [2.05, 4.69) is 9.72 Å². The third-order valence-corrected chi connectivity index (χ3v) is 1.86. The lowest BCUT2D eigenvalue weighted by atomic mass is 10.2. The predicted octanol–water partition coefficient (Wildman–Crippen LogP) is 2.77. The predicted molar refractivity (Wildman–Crippen MR) is 47.1 cm³/mol. The van der Waals surface area contributed by atoms with Gasteiger partial charge in [0.05, 0.1) is 11.4 Å². The van der Waals surface area contributed by atoms with Gasteiger partial charge in [0, 0.05) is 0 Å². The van der Waals surface area contributed by atoms with Gasteiger partial charge in [-0.3, -0.25) is 0 Å². The highest BCUT2D eigenvalue weighted by Gasteiger charge is 2.37. The van der Waals surface area contributed by atoms with Crippen LogP contribution in [0.2, 0.25) is 0 Å². The summed E-state index contributed by atoms with van der Waals surface area (Å²) in [6, 6.07) is 0. The van der Waals surface area contributed by atoms with Crippen molar-refractivity contribution < 1.29 is 27.2 Å². The van der Waals surface area contributed by atoms with E-state index in [0.717, 1.165) is 0 Å². The van der Waals surface area contributed by atoms with Crippen LogP contribution in [-0.4, -0.2) is 16.3 Å². The Hall–Kier alpha value is -1.64. The number of hydrogen-bond acceptors (Lipinski definition) is 4. The second-order valence-electron chi connectivity index (χ2n) is 2.68. The third kappa shape index (κ3) is 3.16. The van der Waals surface area contributed by atoms with Crippen molar-refractivity contribution >= 4 is 17.4 Å². The zero-order chi connectivity index (χ0) is 13.2. The first kappa shape index (κ1) is 13.4. The molecule has 1 aromatic heterocycles. The van der Waals surface area contributed by atoms with Crippen molar-refractivity contribution in [2.24, 2.45) is 0 Å². The molecule has 0 aliphatic rings. The van der Waals surface area contributed by atoms with Crippen LogP contribution >= 0.6 is 11.6 Å². The van der Waals surface area contributed by atoms with Crippen LogP contribution in [0.25, 0.3) is 0 Å². The van der Waals surface area contributed by atoms with E-state index < -0.39 is 40.1 Å². The molecular formula is C7H3ClF4N2O3. The van der Waals surface area contributed by atoms with Gasteiger partial charge in [0.2, 0.25) is 5.75 Å². The smallest absolute Gasteiger partial charge is 0.396 e. The normalized spacial score (nSPS) is 11.4. The Balaban J connectivity index is 3.39. The first-order valence-electron chi connectivity index (χ1n) is 3.89. The second kappa shape index (κ2) is 4.70. The van der Waals surface area contributed by atoms with Crippen molar-refractivity contribution in [1.29, 1.82) is 0 Å². The summed E-state index contributed by atoms with van der Waals surface area (Å²) in [5.41, 5.74) is -0.773. The van der Waals surface area contributed by atoms with Crippen LogP contribution in [0.15, 0.2) is 6.20 Å². The molecule has 10 heteroatoms. The van der Waals surface area contributed by atoms with Gasteiger partial charge in [-0.25, -0.2) is 4.39 Å². The molecule has 0 saturated heterocycles. The first-order chi connectivity index (χ1) is 7.76. The molecular weight excluding hydrogens is 272 g/mol. The summed E-state index contributed by atoms with van der Waals surface area (Å²) in [4.78, 5) is 12.1. The van der Waals surface area contributed by atoms with E-state index in [0.29, 0.717) is 6.20 Å². The Bertz CT molecular complexity index is 451. The van der Waals surface area contributed by atoms with Gasteiger partial charge in [-0.1, -0.05) is 0 Å². The minimum atomic E-state index is -5.21. The molecule has 0 radical (unpaired) electrons. The Labute approximate surface area is 96.1 Å². The second-order valence-corrected chi connectivity index (χ2v) is 2.94. The van der Waals surface area contributed by atoms with Crippen molar-refractivity contribution in [3.63, 3.8) is 0 Å². The van der Waals surface area contributed by atoms with Crippen molar-refractivity contribution in [3.8, 4) is 5.75 Å². The number of alkyl halides is 4. The van der Waals surface area contributed by atoms with Crippen molar-refractivity contribution in [1.82, 2.24) is 4.98 Å². The molecule has 0 aliphatic heterocycles. The first-order valence-corrected chi connectivity index (χ1v) is 4.43. The zero-order valence-electron chi connectivity index (χ0n) is 7.79. The van der Waals surface area contributed by atoms with Gasteiger partial charge >= 0.3 is 12.2 Å². The Kier molecular flexibility index (Phi) is 3.71. The van der Waals surface area contributed by atoms with Crippen LogP contribution < -0.4 is 4.74 Å².